The van der Waals surface area contributed by atoms with Gasteiger partial charge >= 0.3 is 0 Å². The zero-order valence-corrected chi connectivity index (χ0v) is 30.1. The number of ether oxygens (including phenoxy) is 2. The number of aromatic nitrogens is 1. The average Bonchev–Trinajstić information content (AvgIpc) is 3.57. The first-order chi connectivity index (χ1) is 25.4. The number of benzene rings is 5. The van der Waals surface area contributed by atoms with Gasteiger partial charge in [0.05, 0.1) is 23.4 Å². The van der Waals surface area contributed by atoms with Gasteiger partial charge in [-0.05, 0) is 91.7 Å². The van der Waals surface area contributed by atoms with Gasteiger partial charge in [0.2, 0.25) is 5.91 Å². The maximum atomic E-state index is 13.9. The van der Waals surface area contributed by atoms with Crippen molar-refractivity contribution >= 4 is 67.9 Å². The molecule has 0 aliphatic rings. The first-order valence-electron chi connectivity index (χ1n) is 16.7. The van der Waals surface area contributed by atoms with E-state index in [-0.39, 0.29) is 11.6 Å². The van der Waals surface area contributed by atoms with Crippen molar-refractivity contribution in [1.82, 2.24) is 10.3 Å². The van der Waals surface area contributed by atoms with Crippen molar-refractivity contribution < 1.29 is 23.9 Å². The molecule has 5 aromatic carbocycles. The molecule has 1 heterocycles. The number of amides is 3. The summed E-state index contributed by atoms with van der Waals surface area (Å²) in [6, 6.07) is 38.3. The SMILES string of the molecule is CCOc1ccc(/C=C(/NC(=O)c2ccccc2)C(=O)Nc2cccc(SC(C(=O)Nc3nc4ccc(OCC)cc4s3)c3ccccc3)c2)cc1. The number of rotatable bonds is 14. The number of carbonyl (C=O) groups excluding carboxylic acids is 3. The Morgan fingerprint density at radius 3 is 2.19 bits per heavy atom. The van der Waals surface area contributed by atoms with Gasteiger partial charge in [-0.25, -0.2) is 4.98 Å². The van der Waals surface area contributed by atoms with E-state index in [4.69, 9.17) is 9.47 Å². The third-order valence-electron chi connectivity index (χ3n) is 7.62. The van der Waals surface area contributed by atoms with Crippen LogP contribution in [0.5, 0.6) is 11.5 Å². The minimum absolute atomic E-state index is 0.0572. The van der Waals surface area contributed by atoms with E-state index in [1.54, 1.807) is 60.7 Å². The molecule has 0 fully saturated rings. The number of nitrogens with one attached hydrogen (secondary N) is 3. The van der Waals surface area contributed by atoms with Crippen molar-refractivity contribution in [1.29, 1.82) is 0 Å². The fourth-order valence-corrected chi connectivity index (χ4v) is 7.19. The third kappa shape index (κ3) is 9.45. The Balaban J connectivity index is 1.22. The fourth-order valence-electron chi connectivity index (χ4n) is 5.20. The van der Waals surface area contributed by atoms with Crippen LogP contribution in [0.1, 0.15) is 40.6 Å². The standard InChI is InChI=1S/C41H36N4O5S2/c1-3-49-31-20-18-27(19-21-31)24-35(43-38(46)29-14-9-6-10-15-29)39(47)42-30-16-11-17-33(25-30)51-37(28-12-7-5-8-13-28)40(48)45-41-44-34-23-22-32(50-4-2)26-36(34)52-41/h5-26,37H,3-4H2,1-2H3,(H,42,47)(H,43,46)(H,44,45,48)/b35-24+. The number of thioether (sulfide) groups is 1. The molecule has 3 N–H and O–H groups in total. The minimum Gasteiger partial charge on any atom is -0.494 e. The van der Waals surface area contributed by atoms with Gasteiger partial charge in [0.1, 0.15) is 22.4 Å². The van der Waals surface area contributed by atoms with E-state index >= 15 is 0 Å². The van der Waals surface area contributed by atoms with Crippen molar-refractivity contribution in [2.75, 3.05) is 23.8 Å². The molecule has 3 amide bonds. The lowest BCUT2D eigenvalue weighted by molar-refractivity contribution is -0.116. The summed E-state index contributed by atoms with van der Waals surface area (Å²) >= 11 is 2.73. The number of thiazole rings is 1. The molecular weight excluding hydrogens is 693 g/mol. The predicted octanol–water partition coefficient (Wildman–Crippen LogP) is 8.98. The molecule has 0 spiro atoms. The van der Waals surface area contributed by atoms with E-state index < -0.39 is 17.1 Å². The highest BCUT2D eigenvalue weighted by Gasteiger charge is 2.24. The molecule has 52 heavy (non-hydrogen) atoms. The zero-order valence-electron chi connectivity index (χ0n) is 28.5. The van der Waals surface area contributed by atoms with Gasteiger partial charge in [-0.1, -0.05) is 78.1 Å². The molecular formula is C41H36N4O5S2. The smallest absolute Gasteiger partial charge is 0.272 e. The molecule has 11 heteroatoms. The van der Waals surface area contributed by atoms with Crippen LogP contribution in [-0.4, -0.2) is 35.9 Å². The van der Waals surface area contributed by atoms with Crippen molar-refractivity contribution in [2.45, 2.75) is 24.0 Å². The Bertz CT molecular complexity index is 2190. The molecule has 6 rings (SSSR count). The Labute approximate surface area is 310 Å². The van der Waals surface area contributed by atoms with E-state index in [1.165, 1.54) is 23.1 Å². The van der Waals surface area contributed by atoms with Gasteiger partial charge in [-0.3, -0.25) is 14.4 Å². The zero-order chi connectivity index (χ0) is 36.3. The largest absolute Gasteiger partial charge is 0.494 e. The van der Waals surface area contributed by atoms with Crippen molar-refractivity contribution in [3.05, 3.63) is 150 Å². The highest BCUT2D eigenvalue weighted by Crippen LogP contribution is 2.38. The van der Waals surface area contributed by atoms with Crippen LogP contribution in [0.2, 0.25) is 0 Å². The van der Waals surface area contributed by atoms with Crippen LogP contribution < -0.4 is 25.4 Å². The summed E-state index contributed by atoms with van der Waals surface area (Å²) in [5, 5.41) is 8.57. The molecule has 0 saturated carbocycles. The molecule has 1 aromatic heterocycles. The maximum Gasteiger partial charge on any atom is 0.272 e. The predicted molar refractivity (Wildman–Crippen MR) is 209 cm³/mol. The number of fused-ring (bicyclic) bond motifs is 1. The lowest BCUT2D eigenvalue weighted by Gasteiger charge is -2.17. The molecule has 0 bridgehead atoms. The van der Waals surface area contributed by atoms with Crippen LogP contribution >= 0.6 is 23.1 Å². The Hall–Kier alpha value is -5.91. The molecule has 1 unspecified atom stereocenters. The van der Waals surface area contributed by atoms with Crippen molar-refractivity contribution in [3.63, 3.8) is 0 Å². The first kappa shape index (κ1) is 35.9. The summed E-state index contributed by atoms with van der Waals surface area (Å²) in [5.41, 5.74) is 3.24. The van der Waals surface area contributed by atoms with Gasteiger partial charge in [0, 0.05) is 16.1 Å². The quantitative estimate of drug-likeness (QED) is 0.0757. The molecule has 0 aliphatic heterocycles. The van der Waals surface area contributed by atoms with E-state index in [2.05, 4.69) is 20.9 Å². The van der Waals surface area contributed by atoms with Gasteiger partial charge in [-0.15, -0.1) is 11.8 Å². The monoisotopic (exact) mass is 728 g/mol. The number of carbonyl (C=O) groups is 3. The van der Waals surface area contributed by atoms with E-state index in [9.17, 15) is 14.4 Å². The first-order valence-corrected chi connectivity index (χ1v) is 18.4. The highest BCUT2D eigenvalue weighted by atomic mass is 32.2. The number of nitrogens with zero attached hydrogens (tertiary/aromatic N) is 1. The van der Waals surface area contributed by atoms with E-state index in [0.29, 0.717) is 40.9 Å². The second kappa shape index (κ2) is 17.3. The van der Waals surface area contributed by atoms with Crippen LogP contribution in [0.4, 0.5) is 10.8 Å². The van der Waals surface area contributed by atoms with Gasteiger partial charge in [0.25, 0.3) is 11.8 Å². The summed E-state index contributed by atoms with van der Waals surface area (Å²) < 4.78 is 12.1. The third-order valence-corrected chi connectivity index (χ3v) is 9.80. The van der Waals surface area contributed by atoms with Crippen LogP contribution in [0, 0.1) is 0 Å². The molecule has 1 atom stereocenters. The van der Waals surface area contributed by atoms with Crippen LogP contribution in [0.3, 0.4) is 0 Å². The Morgan fingerprint density at radius 1 is 0.769 bits per heavy atom. The summed E-state index contributed by atoms with van der Waals surface area (Å²) in [6.07, 6.45) is 1.61. The topological polar surface area (TPSA) is 119 Å². The second-order valence-corrected chi connectivity index (χ2v) is 13.6. The number of hydrogen-bond donors (Lipinski definition) is 3. The molecule has 0 aliphatic carbocycles. The molecule has 9 nitrogen and oxygen atoms in total. The summed E-state index contributed by atoms with van der Waals surface area (Å²) in [7, 11) is 0. The summed E-state index contributed by atoms with van der Waals surface area (Å²) in [5.74, 6) is 0.280. The van der Waals surface area contributed by atoms with Crippen LogP contribution in [0.25, 0.3) is 16.3 Å². The number of hydrogen-bond acceptors (Lipinski definition) is 8. The fraction of sp³-hybridized carbons (Fsp3) is 0.122. The Kier molecular flexibility index (Phi) is 12.0. The second-order valence-electron chi connectivity index (χ2n) is 11.3. The molecule has 0 radical (unpaired) electrons. The summed E-state index contributed by atoms with van der Waals surface area (Å²) in [4.78, 5) is 46.1. The number of anilines is 2. The van der Waals surface area contributed by atoms with Gasteiger partial charge < -0.3 is 25.4 Å². The van der Waals surface area contributed by atoms with Gasteiger partial charge in [-0.2, -0.15) is 0 Å². The van der Waals surface area contributed by atoms with Crippen LogP contribution in [0.15, 0.2) is 138 Å². The molecule has 6 aromatic rings. The van der Waals surface area contributed by atoms with E-state index in [0.717, 1.165) is 26.4 Å². The molecule has 262 valence electrons. The summed E-state index contributed by atoms with van der Waals surface area (Å²) in [6.45, 7) is 4.92. The van der Waals surface area contributed by atoms with Crippen molar-refractivity contribution in [3.8, 4) is 11.5 Å². The van der Waals surface area contributed by atoms with Gasteiger partial charge in [0.15, 0.2) is 5.13 Å². The minimum atomic E-state index is -0.626. The highest BCUT2D eigenvalue weighted by molar-refractivity contribution is 8.00. The maximum absolute atomic E-state index is 13.9. The van der Waals surface area contributed by atoms with Crippen LogP contribution in [-0.2, 0) is 9.59 Å². The Morgan fingerprint density at radius 2 is 1.46 bits per heavy atom. The lowest BCUT2D eigenvalue weighted by Crippen LogP contribution is -2.30. The van der Waals surface area contributed by atoms with E-state index in [1.807, 2.05) is 86.6 Å². The molecule has 0 saturated heterocycles. The lowest BCUT2D eigenvalue weighted by atomic mass is 10.1. The van der Waals surface area contributed by atoms with Crippen molar-refractivity contribution in [2.24, 2.45) is 0 Å². The normalized spacial score (nSPS) is 11.8. The average molecular weight is 729 g/mol.